The molecule has 0 spiro atoms. The molecule has 2 aromatic rings. The Morgan fingerprint density at radius 2 is 2.12 bits per heavy atom. The van der Waals surface area contributed by atoms with Gasteiger partial charge in [0.2, 0.25) is 0 Å². The maximum atomic E-state index is 12.9. The van der Waals surface area contributed by atoms with E-state index in [0.717, 1.165) is 18.4 Å². The summed E-state index contributed by atoms with van der Waals surface area (Å²) < 4.78 is 7.25. The van der Waals surface area contributed by atoms with Crippen LogP contribution in [0.4, 0.5) is 5.69 Å². The quantitative estimate of drug-likeness (QED) is 0.766. The first-order valence-corrected chi connectivity index (χ1v) is 8.30. The molecule has 1 unspecified atom stereocenters. The number of ether oxygens (including phenoxy) is 1. The molecule has 1 aliphatic heterocycles. The molecule has 144 valence electrons. The van der Waals surface area contributed by atoms with E-state index in [4.69, 9.17) is 22.1 Å². The van der Waals surface area contributed by atoms with Crippen LogP contribution >= 0.6 is 36.4 Å². The fraction of sp³-hybridized carbons (Fsp3) is 0.412. The van der Waals surface area contributed by atoms with E-state index in [1.165, 1.54) is 7.11 Å². The van der Waals surface area contributed by atoms with Gasteiger partial charge in [0.15, 0.2) is 0 Å². The maximum Gasteiger partial charge on any atom is 0.257 e. The first-order valence-electron chi connectivity index (χ1n) is 7.92. The topological polar surface area (TPSA) is 73.4 Å². The Kier molecular flexibility index (Phi) is 8.06. The molecule has 0 bridgehead atoms. The van der Waals surface area contributed by atoms with Gasteiger partial charge in [0.05, 0.1) is 35.6 Å². The molecule has 1 amide bonds. The molecule has 1 atom stereocenters. The number of rotatable bonds is 3. The highest BCUT2D eigenvalue weighted by atomic mass is 35.5. The van der Waals surface area contributed by atoms with Crippen molar-refractivity contribution >= 4 is 48.0 Å². The van der Waals surface area contributed by atoms with Crippen LogP contribution in [0.3, 0.4) is 0 Å². The van der Waals surface area contributed by atoms with Crippen LogP contribution in [0, 0.1) is 6.92 Å². The first-order chi connectivity index (χ1) is 11.5. The zero-order chi connectivity index (χ0) is 17.3. The highest BCUT2D eigenvalue weighted by Gasteiger charge is 2.28. The van der Waals surface area contributed by atoms with Gasteiger partial charge in [-0.05, 0) is 31.4 Å². The number of anilines is 1. The summed E-state index contributed by atoms with van der Waals surface area (Å²) in [5.41, 5.74) is 7.75. The molecule has 6 nitrogen and oxygen atoms in total. The predicted octanol–water partition coefficient (Wildman–Crippen LogP) is 3.76. The van der Waals surface area contributed by atoms with E-state index in [-0.39, 0.29) is 36.8 Å². The van der Waals surface area contributed by atoms with Gasteiger partial charge < -0.3 is 15.4 Å². The molecule has 1 aromatic carbocycles. The van der Waals surface area contributed by atoms with Gasteiger partial charge in [0.25, 0.3) is 5.91 Å². The number of benzene rings is 1. The van der Waals surface area contributed by atoms with E-state index in [9.17, 15) is 4.79 Å². The lowest BCUT2D eigenvalue weighted by Gasteiger charge is -2.33. The van der Waals surface area contributed by atoms with E-state index in [1.54, 1.807) is 12.1 Å². The zero-order valence-corrected chi connectivity index (χ0v) is 17.0. The van der Waals surface area contributed by atoms with Gasteiger partial charge >= 0.3 is 0 Å². The smallest absolute Gasteiger partial charge is 0.257 e. The van der Waals surface area contributed by atoms with Crippen molar-refractivity contribution in [1.29, 1.82) is 0 Å². The van der Waals surface area contributed by atoms with Crippen molar-refractivity contribution in [3.63, 3.8) is 0 Å². The fourth-order valence-corrected chi connectivity index (χ4v) is 3.23. The SMILES string of the molecule is COc1cc(N)c(Cl)cc1C(=O)N1CCCC(n2cc(C)cn2)C1.Cl.Cl. The third-order valence-electron chi connectivity index (χ3n) is 4.34. The van der Waals surface area contributed by atoms with Gasteiger partial charge in [0.1, 0.15) is 5.75 Å². The van der Waals surface area contributed by atoms with Gasteiger partial charge in [-0.2, -0.15) is 5.10 Å². The molecule has 1 saturated heterocycles. The van der Waals surface area contributed by atoms with Crippen molar-refractivity contribution in [2.45, 2.75) is 25.8 Å². The standard InChI is InChI=1S/C17H21ClN4O2.2ClH/c1-11-8-20-22(9-11)12-4-3-5-21(10-12)17(23)13-6-14(18)15(19)7-16(13)24-2;;/h6-9,12H,3-5,10,19H2,1-2H3;2*1H. The first kappa shape index (κ1) is 22.4. The predicted molar refractivity (Wildman–Crippen MR) is 108 cm³/mol. The van der Waals surface area contributed by atoms with Gasteiger partial charge in [0, 0.05) is 25.4 Å². The molecule has 9 heteroatoms. The van der Waals surface area contributed by atoms with Crippen molar-refractivity contribution in [3.05, 3.63) is 40.7 Å². The number of hydrogen-bond acceptors (Lipinski definition) is 4. The molecule has 1 fully saturated rings. The van der Waals surface area contributed by atoms with Crippen LogP contribution in [-0.2, 0) is 0 Å². The number of nitrogens with zero attached hydrogens (tertiary/aromatic N) is 3. The van der Waals surface area contributed by atoms with Crippen LogP contribution in [0.25, 0.3) is 0 Å². The lowest BCUT2D eigenvalue weighted by molar-refractivity contribution is 0.0669. The number of aromatic nitrogens is 2. The monoisotopic (exact) mass is 420 g/mol. The minimum Gasteiger partial charge on any atom is -0.496 e. The maximum absolute atomic E-state index is 12.9. The highest BCUT2D eigenvalue weighted by Crippen LogP contribution is 2.31. The molecule has 2 heterocycles. The summed E-state index contributed by atoms with van der Waals surface area (Å²) in [6.07, 6.45) is 5.79. The van der Waals surface area contributed by atoms with Gasteiger partial charge in [-0.3, -0.25) is 9.48 Å². The summed E-state index contributed by atoms with van der Waals surface area (Å²) in [6, 6.07) is 3.36. The summed E-state index contributed by atoms with van der Waals surface area (Å²) in [5.74, 6) is 0.348. The third kappa shape index (κ3) is 4.55. The van der Waals surface area contributed by atoms with Crippen LogP contribution in [0.15, 0.2) is 24.5 Å². The Balaban J connectivity index is 0.00000169. The molecule has 1 aromatic heterocycles. The average molecular weight is 422 g/mol. The molecule has 1 aliphatic rings. The second-order valence-corrected chi connectivity index (χ2v) is 6.53. The Morgan fingerprint density at radius 3 is 2.73 bits per heavy atom. The Morgan fingerprint density at radius 1 is 1.38 bits per heavy atom. The van der Waals surface area contributed by atoms with Crippen LogP contribution < -0.4 is 10.5 Å². The fourth-order valence-electron chi connectivity index (χ4n) is 3.06. The van der Waals surface area contributed by atoms with Gasteiger partial charge in [-0.25, -0.2) is 0 Å². The minimum atomic E-state index is -0.0951. The summed E-state index contributed by atoms with van der Waals surface area (Å²) in [5, 5.41) is 4.74. The number of amides is 1. The van der Waals surface area contributed by atoms with Crippen molar-refractivity contribution < 1.29 is 9.53 Å². The number of nitrogens with two attached hydrogens (primary N) is 1. The second-order valence-electron chi connectivity index (χ2n) is 6.12. The van der Waals surface area contributed by atoms with Crippen molar-refractivity contribution in [2.75, 3.05) is 25.9 Å². The van der Waals surface area contributed by atoms with E-state index < -0.39 is 0 Å². The number of aryl methyl sites for hydroxylation is 1. The second kappa shape index (κ2) is 9.35. The molecule has 26 heavy (non-hydrogen) atoms. The van der Waals surface area contributed by atoms with E-state index in [2.05, 4.69) is 5.10 Å². The average Bonchev–Trinajstić information content (AvgIpc) is 3.03. The summed E-state index contributed by atoms with van der Waals surface area (Å²) in [4.78, 5) is 14.8. The number of carbonyl (C=O) groups is 1. The van der Waals surface area contributed by atoms with Crippen LogP contribution in [-0.4, -0.2) is 40.8 Å². The number of nitrogen functional groups attached to an aromatic ring is 1. The molecule has 2 N–H and O–H groups in total. The Labute approximate surface area is 170 Å². The Bertz CT molecular complexity index is 766. The van der Waals surface area contributed by atoms with Crippen LogP contribution in [0.1, 0.15) is 34.8 Å². The van der Waals surface area contributed by atoms with Crippen molar-refractivity contribution in [1.82, 2.24) is 14.7 Å². The molecule has 0 radical (unpaired) electrons. The number of likely N-dealkylation sites (tertiary alicyclic amines) is 1. The van der Waals surface area contributed by atoms with E-state index in [0.29, 0.717) is 35.1 Å². The Hall–Kier alpha value is -1.63. The summed E-state index contributed by atoms with van der Waals surface area (Å²) in [7, 11) is 1.52. The zero-order valence-electron chi connectivity index (χ0n) is 14.6. The number of methoxy groups -OCH3 is 1. The van der Waals surface area contributed by atoms with Crippen LogP contribution in [0.5, 0.6) is 5.75 Å². The lowest BCUT2D eigenvalue weighted by Crippen LogP contribution is -2.41. The number of piperidine rings is 1. The van der Waals surface area contributed by atoms with Crippen molar-refractivity contribution in [3.8, 4) is 5.75 Å². The minimum absolute atomic E-state index is 0. The van der Waals surface area contributed by atoms with E-state index >= 15 is 0 Å². The molecule has 0 saturated carbocycles. The number of hydrogen-bond donors (Lipinski definition) is 1. The van der Waals surface area contributed by atoms with Gasteiger partial charge in [-0.15, -0.1) is 24.8 Å². The molecular weight excluding hydrogens is 399 g/mol. The molecule has 0 aliphatic carbocycles. The largest absolute Gasteiger partial charge is 0.496 e. The highest BCUT2D eigenvalue weighted by molar-refractivity contribution is 6.33. The molecular formula is C17H23Cl3N4O2. The summed E-state index contributed by atoms with van der Waals surface area (Å²) in [6.45, 7) is 3.34. The van der Waals surface area contributed by atoms with E-state index in [1.807, 2.05) is 28.9 Å². The van der Waals surface area contributed by atoms with Crippen LogP contribution in [0.2, 0.25) is 5.02 Å². The third-order valence-corrected chi connectivity index (χ3v) is 4.66. The lowest BCUT2D eigenvalue weighted by atomic mass is 10.0. The molecule has 3 rings (SSSR count). The summed E-state index contributed by atoms with van der Waals surface area (Å²) >= 11 is 6.09. The van der Waals surface area contributed by atoms with Gasteiger partial charge in [-0.1, -0.05) is 11.6 Å². The normalized spacial score (nSPS) is 16.4. The number of halogens is 3. The number of carbonyl (C=O) groups excluding carboxylic acids is 1. The van der Waals surface area contributed by atoms with Crippen molar-refractivity contribution in [2.24, 2.45) is 0 Å².